The number of nitrogens with zero attached hydrogens (tertiary/aromatic N) is 6. The number of anilines is 1. The van der Waals surface area contributed by atoms with E-state index < -0.39 is 0 Å². The summed E-state index contributed by atoms with van der Waals surface area (Å²) in [7, 11) is 0. The number of piperidine rings is 1. The smallest absolute Gasteiger partial charge is 0.109 e. The molecule has 2 N–H and O–H groups in total. The Bertz CT molecular complexity index is 1700. The van der Waals surface area contributed by atoms with Gasteiger partial charge in [-0.2, -0.15) is 5.26 Å². The SMILES string of the molecule is C=Nc1c(Cl)cc(N[C@@H](C(=C)/C=C\C=C/C)c2cn(C3CCN(C(C)(C)C)CC3)nn2)cc1/C(NC12CCC3CC(CC(C3)C1)C2)=C(\C)C#N. The molecule has 4 saturated carbocycles. The van der Waals surface area contributed by atoms with Crippen LogP contribution in [0.3, 0.4) is 0 Å². The van der Waals surface area contributed by atoms with Gasteiger partial charge >= 0.3 is 0 Å². The molecular formula is C41H55ClN8. The summed E-state index contributed by atoms with van der Waals surface area (Å²) in [4.78, 5) is 6.94. The number of allylic oxidation sites excluding steroid dienone is 4. The molecule has 3 atom stereocenters. The number of fused-ring (bicyclic) bond motifs is 1. The maximum atomic E-state index is 10.3. The zero-order valence-corrected chi connectivity index (χ0v) is 31.4. The molecule has 2 unspecified atom stereocenters. The molecule has 4 aliphatic carbocycles. The van der Waals surface area contributed by atoms with E-state index in [2.05, 4.69) is 83.2 Å². The highest BCUT2D eigenvalue weighted by molar-refractivity contribution is 6.33. The summed E-state index contributed by atoms with van der Waals surface area (Å²) < 4.78 is 2.03. The maximum absolute atomic E-state index is 10.3. The standard InChI is InChI=1S/C41H55ClN8/c1-8-9-10-11-27(2)38(36-26-50(48-47-36)33-13-16-49(17-14-33)40(4,5)6)45-32-21-34(39(44-7)35(42)22-32)37(28(3)25-43)46-41-15-12-29-18-30(23-41)20-31(19-29)24-41/h8-11,21-22,26,29-31,33,38,45-46H,2,7,12-20,23-24H2,1,3-6H3/b9-8-,11-10-,37-28-/t29?,30?,31?,38-,41?/m0/s1. The number of hydrogen-bond donors (Lipinski definition) is 2. The predicted molar refractivity (Wildman–Crippen MR) is 207 cm³/mol. The van der Waals surface area contributed by atoms with Crippen LogP contribution in [-0.4, -0.2) is 50.8 Å². The number of halogens is 1. The number of hydrogen-bond acceptors (Lipinski definition) is 7. The maximum Gasteiger partial charge on any atom is 0.109 e. The fourth-order valence-corrected chi connectivity index (χ4v) is 9.62. The summed E-state index contributed by atoms with van der Waals surface area (Å²) >= 11 is 7.00. The van der Waals surface area contributed by atoms with Gasteiger partial charge in [-0.15, -0.1) is 5.10 Å². The number of aliphatic imine (C=N–C) groups is 1. The first kappa shape index (κ1) is 36.1. The van der Waals surface area contributed by atoms with Crippen molar-refractivity contribution in [2.45, 2.75) is 116 Å². The molecule has 1 saturated heterocycles. The third-order valence-corrected chi connectivity index (χ3v) is 12.0. The third-order valence-electron chi connectivity index (χ3n) is 11.7. The van der Waals surface area contributed by atoms with E-state index in [9.17, 15) is 5.26 Å². The lowest BCUT2D eigenvalue weighted by Crippen LogP contribution is -2.49. The molecule has 8 nitrogen and oxygen atoms in total. The summed E-state index contributed by atoms with van der Waals surface area (Å²) in [6.45, 7) is 21.1. The summed E-state index contributed by atoms with van der Waals surface area (Å²) in [6, 6.07) is 6.31. The molecule has 2 aromatic rings. The van der Waals surface area contributed by atoms with Gasteiger partial charge in [0.05, 0.1) is 46.3 Å². The van der Waals surface area contributed by atoms with E-state index >= 15 is 0 Å². The van der Waals surface area contributed by atoms with Crippen molar-refractivity contribution >= 4 is 35.4 Å². The van der Waals surface area contributed by atoms with Crippen LogP contribution < -0.4 is 10.6 Å². The van der Waals surface area contributed by atoms with Gasteiger partial charge in [0.25, 0.3) is 0 Å². The van der Waals surface area contributed by atoms with Crippen molar-refractivity contribution in [1.29, 1.82) is 5.26 Å². The van der Waals surface area contributed by atoms with Gasteiger partial charge in [0, 0.05) is 35.4 Å². The number of nitriles is 1. The van der Waals surface area contributed by atoms with Crippen molar-refractivity contribution in [3.8, 4) is 6.07 Å². The summed E-state index contributed by atoms with van der Waals surface area (Å²) in [6.07, 6.45) is 20.8. The van der Waals surface area contributed by atoms with E-state index in [1.54, 1.807) is 0 Å². The first-order valence-corrected chi connectivity index (χ1v) is 18.9. The van der Waals surface area contributed by atoms with Gasteiger partial charge < -0.3 is 10.6 Å². The number of rotatable bonds is 11. The molecule has 5 aliphatic rings. The Labute approximate surface area is 304 Å². The van der Waals surface area contributed by atoms with Crippen molar-refractivity contribution in [2.75, 3.05) is 18.4 Å². The van der Waals surface area contributed by atoms with Gasteiger partial charge in [-0.1, -0.05) is 47.7 Å². The Morgan fingerprint density at radius 1 is 1.12 bits per heavy atom. The molecule has 5 fully saturated rings. The predicted octanol–water partition coefficient (Wildman–Crippen LogP) is 9.74. The van der Waals surface area contributed by atoms with Crippen LogP contribution in [0.5, 0.6) is 0 Å². The Kier molecular flexibility index (Phi) is 10.8. The number of benzene rings is 1. The fourth-order valence-electron chi connectivity index (χ4n) is 9.34. The minimum absolute atomic E-state index is 0.0312. The fraction of sp³-hybridized carbons (Fsp3) is 0.561. The lowest BCUT2D eigenvalue weighted by atomic mass is 9.65. The second-order valence-electron chi connectivity index (χ2n) is 16.3. The lowest BCUT2D eigenvalue weighted by molar-refractivity contribution is 0.0866. The van der Waals surface area contributed by atoms with Crippen LogP contribution >= 0.6 is 11.6 Å². The highest BCUT2D eigenvalue weighted by Gasteiger charge is 2.48. The topological polar surface area (TPSA) is 94.2 Å². The highest BCUT2D eigenvalue weighted by Crippen LogP contribution is 2.54. The third kappa shape index (κ3) is 7.80. The average molecular weight is 695 g/mol. The van der Waals surface area contributed by atoms with Gasteiger partial charge in [-0.25, -0.2) is 4.68 Å². The molecular weight excluding hydrogens is 640 g/mol. The van der Waals surface area contributed by atoms with Crippen molar-refractivity contribution in [2.24, 2.45) is 22.7 Å². The van der Waals surface area contributed by atoms with Crippen LogP contribution in [0.15, 0.2) is 65.4 Å². The van der Waals surface area contributed by atoms with Crippen LogP contribution in [-0.2, 0) is 0 Å². The van der Waals surface area contributed by atoms with Crippen LogP contribution in [0, 0.1) is 29.1 Å². The van der Waals surface area contributed by atoms with E-state index in [4.69, 9.17) is 11.6 Å². The minimum Gasteiger partial charge on any atom is -0.378 e. The van der Waals surface area contributed by atoms with E-state index in [1.807, 2.05) is 48.9 Å². The molecule has 7 rings (SSSR count). The molecule has 2 heterocycles. The molecule has 266 valence electrons. The Morgan fingerprint density at radius 2 is 1.82 bits per heavy atom. The molecule has 0 amide bonds. The largest absolute Gasteiger partial charge is 0.378 e. The molecule has 1 aromatic heterocycles. The Morgan fingerprint density at radius 3 is 2.46 bits per heavy atom. The molecule has 0 radical (unpaired) electrons. The molecule has 9 heteroatoms. The van der Waals surface area contributed by atoms with E-state index in [0.717, 1.165) is 91.2 Å². The summed E-state index contributed by atoms with van der Waals surface area (Å²) in [5.41, 5.74) is 5.31. The van der Waals surface area contributed by atoms with Crippen molar-refractivity contribution < 1.29 is 0 Å². The number of likely N-dealkylation sites (tertiary alicyclic amines) is 1. The van der Waals surface area contributed by atoms with Crippen LogP contribution in [0.1, 0.15) is 116 Å². The number of nitrogens with one attached hydrogen (secondary N) is 2. The first-order valence-electron chi connectivity index (χ1n) is 18.5. The quantitative estimate of drug-likeness (QED) is 0.138. The van der Waals surface area contributed by atoms with Gasteiger partial charge in [0.2, 0.25) is 0 Å². The molecule has 1 aliphatic heterocycles. The Hall–Kier alpha value is -3.67. The van der Waals surface area contributed by atoms with Gasteiger partial charge in [-0.05, 0) is 135 Å². The minimum atomic E-state index is -0.366. The van der Waals surface area contributed by atoms with Crippen molar-refractivity contribution in [1.82, 2.24) is 25.2 Å². The molecule has 4 bridgehead atoms. The summed E-state index contributed by atoms with van der Waals surface area (Å²) in [5.74, 6) is 2.34. The van der Waals surface area contributed by atoms with Crippen LogP contribution in [0.25, 0.3) is 5.70 Å². The summed E-state index contributed by atoms with van der Waals surface area (Å²) in [5, 5.41) is 27.8. The average Bonchev–Trinajstić information content (AvgIpc) is 3.49. The van der Waals surface area contributed by atoms with Gasteiger partial charge in [0.1, 0.15) is 5.69 Å². The van der Waals surface area contributed by atoms with E-state index in [-0.39, 0.29) is 17.1 Å². The second-order valence-corrected chi connectivity index (χ2v) is 16.7. The van der Waals surface area contributed by atoms with Gasteiger partial charge in [0.15, 0.2) is 0 Å². The zero-order valence-electron chi connectivity index (χ0n) is 30.7. The second kappa shape index (κ2) is 14.9. The molecule has 50 heavy (non-hydrogen) atoms. The molecule has 0 spiro atoms. The van der Waals surface area contributed by atoms with Crippen molar-refractivity contribution in [3.63, 3.8) is 0 Å². The van der Waals surface area contributed by atoms with Gasteiger partial charge in [-0.3, -0.25) is 9.89 Å². The molecule has 1 aromatic carbocycles. The van der Waals surface area contributed by atoms with E-state index in [1.165, 1.54) is 25.7 Å². The van der Waals surface area contributed by atoms with Crippen LogP contribution in [0.4, 0.5) is 11.4 Å². The Balaban J connectivity index is 1.32. The van der Waals surface area contributed by atoms with E-state index in [0.29, 0.717) is 22.3 Å². The van der Waals surface area contributed by atoms with Crippen LogP contribution in [0.2, 0.25) is 5.02 Å². The lowest BCUT2D eigenvalue weighted by Gasteiger charge is -2.46. The normalized spacial score (nSPS) is 26.9. The number of aromatic nitrogens is 3. The first-order chi connectivity index (χ1) is 23.9. The zero-order chi connectivity index (χ0) is 35.6. The monoisotopic (exact) mass is 694 g/mol. The van der Waals surface area contributed by atoms with Crippen molar-refractivity contribution in [3.05, 3.63) is 76.6 Å². The highest BCUT2D eigenvalue weighted by atomic mass is 35.5.